The van der Waals surface area contributed by atoms with Crippen LogP contribution in [0.5, 0.6) is 5.75 Å². The van der Waals surface area contributed by atoms with Crippen molar-refractivity contribution in [3.05, 3.63) is 18.2 Å². The summed E-state index contributed by atoms with van der Waals surface area (Å²) in [7, 11) is -2.44. The summed E-state index contributed by atoms with van der Waals surface area (Å²) in [5, 5.41) is 7.65. The van der Waals surface area contributed by atoms with E-state index in [0.29, 0.717) is 5.75 Å². The predicted molar refractivity (Wildman–Crippen MR) is 83.1 cm³/mol. The van der Waals surface area contributed by atoms with Crippen LogP contribution in [-0.2, 0) is 14.8 Å². The van der Waals surface area contributed by atoms with Gasteiger partial charge in [0.05, 0.1) is 23.6 Å². The zero-order chi connectivity index (χ0) is 15.5. The Hall–Kier alpha value is -1.35. The van der Waals surface area contributed by atoms with Crippen LogP contribution in [0.1, 0.15) is 13.8 Å². The summed E-state index contributed by atoms with van der Waals surface area (Å²) in [6.45, 7) is 3.39. The highest BCUT2D eigenvalue weighted by Crippen LogP contribution is 2.27. The number of ether oxygens (including phenoxy) is 1. The van der Waals surface area contributed by atoms with Gasteiger partial charge in [-0.15, -0.1) is 12.4 Å². The van der Waals surface area contributed by atoms with Crippen molar-refractivity contribution < 1.29 is 17.9 Å². The molecule has 0 aliphatic heterocycles. The molecule has 7 nitrogen and oxygen atoms in total. The van der Waals surface area contributed by atoms with E-state index >= 15 is 0 Å². The van der Waals surface area contributed by atoms with Gasteiger partial charge >= 0.3 is 0 Å². The van der Waals surface area contributed by atoms with Crippen LogP contribution in [0.3, 0.4) is 0 Å². The number of nitrogens with one attached hydrogen (secondary N) is 1. The first-order valence-electron chi connectivity index (χ1n) is 5.94. The number of benzene rings is 1. The fraction of sp³-hybridized carbons (Fsp3) is 0.417. The molecule has 0 saturated carbocycles. The van der Waals surface area contributed by atoms with Gasteiger partial charge in [-0.25, -0.2) is 13.6 Å². The van der Waals surface area contributed by atoms with Crippen molar-refractivity contribution in [2.24, 2.45) is 16.8 Å². The van der Waals surface area contributed by atoms with E-state index in [1.807, 2.05) is 0 Å². The molecule has 21 heavy (non-hydrogen) atoms. The third-order valence-corrected chi connectivity index (χ3v) is 3.87. The van der Waals surface area contributed by atoms with Gasteiger partial charge in [-0.2, -0.15) is 0 Å². The van der Waals surface area contributed by atoms with Gasteiger partial charge < -0.3 is 15.8 Å². The molecule has 1 amide bonds. The highest BCUT2D eigenvalue weighted by molar-refractivity contribution is 7.89. The molecule has 0 aromatic heterocycles. The Morgan fingerprint density at radius 3 is 2.33 bits per heavy atom. The topological polar surface area (TPSA) is 125 Å². The molecule has 1 aromatic rings. The molecule has 0 spiro atoms. The Kier molecular flexibility index (Phi) is 7.11. The molecule has 0 aliphatic carbocycles. The summed E-state index contributed by atoms with van der Waals surface area (Å²) in [5.41, 5.74) is 5.89. The van der Waals surface area contributed by atoms with E-state index in [4.69, 9.17) is 15.6 Å². The van der Waals surface area contributed by atoms with Gasteiger partial charge in [0.2, 0.25) is 15.9 Å². The normalized spacial score (nSPS) is 13.8. The summed E-state index contributed by atoms with van der Waals surface area (Å²) < 4.78 is 27.7. The Morgan fingerprint density at radius 1 is 1.33 bits per heavy atom. The second-order valence-electron chi connectivity index (χ2n) is 4.54. The van der Waals surface area contributed by atoms with Gasteiger partial charge in [-0.05, 0) is 25.1 Å². The van der Waals surface area contributed by atoms with Gasteiger partial charge in [0, 0.05) is 6.04 Å². The maximum Gasteiger partial charge on any atom is 0.238 e. The number of carbonyl (C=O) groups is 1. The largest absolute Gasteiger partial charge is 0.495 e. The number of amides is 1. The Balaban J connectivity index is 0.00000400. The average molecular weight is 338 g/mol. The first-order valence-corrected chi connectivity index (χ1v) is 7.48. The molecule has 0 fully saturated rings. The van der Waals surface area contributed by atoms with E-state index in [1.54, 1.807) is 13.8 Å². The Morgan fingerprint density at radius 2 is 1.90 bits per heavy atom. The fourth-order valence-corrected chi connectivity index (χ4v) is 1.99. The second kappa shape index (κ2) is 7.60. The first-order chi connectivity index (χ1) is 9.16. The van der Waals surface area contributed by atoms with E-state index in [1.165, 1.54) is 25.3 Å². The van der Waals surface area contributed by atoms with Crippen LogP contribution in [0.2, 0.25) is 0 Å². The fourth-order valence-electron chi connectivity index (χ4n) is 1.45. The predicted octanol–water partition coefficient (Wildman–Crippen LogP) is 0.686. The lowest BCUT2D eigenvalue weighted by Crippen LogP contribution is -2.34. The smallest absolute Gasteiger partial charge is 0.238 e. The minimum Gasteiger partial charge on any atom is -0.495 e. The van der Waals surface area contributed by atoms with Crippen LogP contribution in [0.25, 0.3) is 0 Å². The van der Waals surface area contributed by atoms with E-state index < -0.39 is 15.9 Å². The molecule has 1 rings (SSSR count). The van der Waals surface area contributed by atoms with Crippen molar-refractivity contribution in [1.29, 1.82) is 0 Å². The van der Waals surface area contributed by atoms with Crippen molar-refractivity contribution in [2.75, 3.05) is 12.4 Å². The van der Waals surface area contributed by atoms with Crippen LogP contribution in [0.4, 0.5) is 5.69 Å². The third kappa shape index (κ3) is 5.16. The van der Waals surface area contributed by atoms with Crippen molar-refractivity contribution in [1.82, 2.24) is 0 Å². The molecular weight excluding hydrogens is 318 g/mol. The van der Waals surface area contributed by atoms with Gasteiger partial charge in [0.15, 0.2) is 0 Å². The minimum absolute atomic E-state index is 0. The molecule has 0 heterocycles. The van der Waals surface area contributed by atoms with Crippen molar-refractivity contribution in [2.45, 2.75) is 24.8 Å². The summed E-state index contributed by atoms with van der Waals surface area (Å²) in [6.07, 6.45) is 0. The molecule has 2 unspecified atom stereocenters. The number of nitrogens with two attached hydrogens (primary N) is 2. The summed E-state index contributed by atoms with van der Waals surface area (Å²) in [5.74, 6) is -0.426. The molecule has 0 saturated heterocycles. The van der Waals surface area contributed by atoms with Crippen LogP contribution in [0.15, 0.2) is 23.1 Å². The Labute approximate surface area is 130 Å². The molecule has 0 radical (unpaired) electrons. The van der Waals surface area contributed by atoms with E-state index in [9.17, 15) is 13.2 Å². The SMILES string of the molecule is COc1ccc(S(N)(=O)=O)cc1NC(=O)C(C)C(C)N.Cl. The molecular formula is C12H20ClN3O4S. The molecule has 2 atom stereocenters. The molecule has 9 heteroatoms. The number of anilines is 1. The zero-order valence-corrected chi connectivity index (χ0v) is 13.6. The van der Waals surface area contributed by atoms with E-state index in [2.05, 4.69) is 5.32 Å². The van der Waals surface area contributed by atoms with Crippen molar-refractivity contribution in [3.63, 3.8) is 0 Å². The number of hydrogen-bond acceptors (Lipinski definition) is 5. The number of halogens is 1. The lowest BCUT2D eigenvalue weighted by molar-refractivity contribution is -0.119. The summed E-state index contributed by atoms with van der Waals surface area (Å²) in [6, 6.07) is 3.65. The van der Waals surface area contributed by atoms with Crippen LogP contribution >= 0.6 is 12.4 Å². The number of sulfonamides is 1. The van der Waals surface area contributed by atoms with E-state index in [-0.39, 0.29) is 34.9 Å². The first kappa shape index (κ1) is 19.7. The summed E-state index contributed by atoms with van der Waals surface area (Å²) in [4.78, 5) is 11.8. The number of methoxy groups -OCH3 is 1. The maximum absolute atomic E-state index is 12.0. The standard InChI is InChI=1S/C12H19N3O4S.ClH/c1-7(8(2)13)12(16)15-10-6-9(20(14,17)18)4-5-11(10)19-3;/h4-8H,13H2,1-3H3,(H,15,16)(H2,14,17,18);1H. The van der Waals surface area contributed by atoms with Crippen LogP contribution in [0, 0.1) is 5.92 Å². The zero-order valence-electron chi connectivity index (χ0n) is 12.0. The van der Waals surface area contributed by atoms with Gasteiger partial charge in [-0.1, -0.05) is 6.92 Å². The number of rotatable bonds is 5. The van der Waals surface area contributed by atoms with E-state index in [0.717, 1.165) is 0 Å². The Bertz CT molecular complexity index is 605. The van der Waals surface area contributed by atoms with Crippen molar-refractivity contribution in [3.8, 4) is 5.75 Å². The molecule has 120 valence electrons. The quantitative estimate of drug-likeness (QED) is 0.729. The van der Waals surface area contributed by atoms with Gasteiger partial charge in [0.1, 0.15) is 5.75 Å². The molecule has 5 N–H and O–H groups in total. The number of primary sulfonamides is 1. The second-order valence-corrected chi connectivity index (χ2v) is 6.11. The lowest BCUT2D eigenvalue weighted by Gasteiger charge is -2.17. The summed E-state index contributed by atoms with van der Waals surface area (Å²) >= 11 is 0. The number of hydrogen-bond donors (Lipinski definition) is 3. The van der Waals surface area contributed by atoms with Crippen LogP contribution < -0.4 is 20.9 Å². The van der Waals surface area contributed by atoms with Crippen LogP contribution in [-0.4, -0.2) is 27.5 Å². The van der Waals surface area contributed by atoms with Crippen molar-refractivity contribution >= 4 is 34.0 Å². The minimum atomic E-state index is -3.85. The molecule has 0 bridgehead atoms. The molecule has 1 aromatic carbocycles. The lowest BCUT2D eigenvalue weighted by atomic mass is 10.0. The number of carbonyl (C=O) groups excluding carboxylic acids is 1. The highest BCUT2D eigenvalue weighted by Gasteiger charge is 2.19. The average Bonchev–Trinajstić information content (AvgIpc) is 2.36. The van der Waals surface area contributed by atoms with Gasteiger partial charge in [0.25, 0.3) is 0 Å². The highest BCUT2D eigenvalue weighted by atomic mass is 35.5. The van der Waals surface area contributed by atoms with Gasteiger partial charge in [-0.3, -0.25) is 4.79 Å². The maximum atomic E-state index is 12.0. The monoisotopic (exact) mass is 337 g/mol. The third-order valence-electron chi connectivity index (χ3n) is 2.96. The molecule has 0 aliphatic rings.